The fourth-order valence-corrected chi connectivity index (χ4v) is 2.96. The maximum atomic E-state index is 10.3. The summed E-state index contributed by atoms with van der Waals surface area (Å²) in [6, 6.07) is 0. The SMILES string of the molecule is CC1=C(\C=C/C(C)=C/C=C/C(C)=C\C=O)C(C)(C)C[C@@H](O)C1. The van der Waals surface area contributed by atoms with Crippen LogP contribution < -0.4 is 0 Å². The summed E-state index contributed by atoms with van der Waals surface area (Å²) in [5.41, 5.74) is 4.69. The van der Waals surface area contributed by atoms with Crippen molar-refractivity contribution >= 4 is 6.29 Å². The topological polar surface area (TPSA) is 37.3 Å². The Morgan fingerprint density at radius 1 is 1.18 bits per heavy atom. The van der Waals surface area contributed by atoms with E-state index in [1.165, 1.54) is 11.1 Å². The van der Waals surface area contributed by atoms with Crippen LogP contribution in [0.4, 0.5) is 0 Å². The zero-order chi connectivity index (χ0) is 16.8. The van der Waals surface area contributed by atoms with Gasteiger partial charge >= 0.3 is 0 Å². The normalized spacial score (nSPS) is 23.6. The number of aliphatic hydroxyl groups excluding tert-OH is 1. The number of hydrogen-bond acceptors (Lipinski definition) is 2. The molecule has 0 bridgehead atoms. The fraction of sp³-hybridized carbons (Fsp3) is 0.450. The molecule has 120 valence electrons. The van der Waals surface area contributed by atoms with Gasteiger partial charge in [0, 0.05) is 0 Å². The van der Waals surface area contributed by atoms with Crippen LogP contribution >= 0.6 is 0 Å². The highest BCUT2D eigenvalue weighted by Crippen LogP contribution is 2.40. The van der Waals surface area contributed by atoms with Gasteiger partial charge in [-0.3, -0.25) is 4.79 Å². The molecule has 1 N–H and O–H groups in total. The van der Waals surface area contributed by atoms with E-state index in [-0.39, 0.29) is 11.5 Å². The summed E-state index contributed by atoms with van der Waals surface area (Å²) in [6.07, 6.45) is 13.9. The van der Waals surface area contributed by atoms with Crippen molar-refractivity contribution in [1.82, 2.24) is 0 Å². The second-order valence-corrected chi connectivity index (χ2v) is 6.79. The molecule has 22 heavy (non-hydrogen) atoms. The molecule has 0 unspecified atom stereocenters. The Morgan fingerprint density at radius 2 is 1.82 bits per heavy atom. The molecule has 0 aromatic rings. The standard InChI is InChI=1S/C20H28O2/c1-15(7-6-8-16(2)11-12-21)9-10-19-17(3)13-18(22)14-20(19,4)5/h6-12,18,22H,13-14H2,1-5H3/b8-6+,10-9-,15-7+,16-11-/t18-/m0/s1. The van der Waals surface area contributed by atoms with Crippen molar-refractivity contribution in [1.29, 1.82) is 0 Å². The molecule has 0 aromatic carbocycles. The van der Waals surface area contributed by atoms with Gasteiger partial charge in [0.2, 0.25) is 0 Å². The Kier molecular flexibility index (Phi) is 6.76. The van der Waals surface area contributed by atoms with E-state index in [1.807, 2.05) is 25.2 Å². The zero-order valence-electron chi connectivity index (χ0n) is 14.4. The lowest BCUT2D eigenvalue weighted by Gasteiger charge is -2.35. The lowest BCUT2D eigenvalue weighted by Crippen LogP contribution is -2.28. The van der Waals surface area contributed by atoms with Crippen molar-refractivity contribution in [2.45, 2.75) is 53.6 Å². The highest BCUT2D eigenvalue weighted by atomic mass is 16.3. The second kappa shape index (κ2) is 8.09. The van der Waals surface area contributed by atoms with Crippen LogP contribution in [0.2, 0.25) is 0 Å². The molecule has 0 radical (unpaired) electrons. The average molecular weight is 300 g/mol. The first-order valence-corrected chi connectivity index (χ1v) is 7.79. The second-order valence-electron chi connectivity index (χ2n) is 6.79. The molecule has 0 fully saturated rings. The maximum Gasteiger partial charge on any atom is 0.143 e. The molecule has 1 aliphatic carbocycles. The number of carbonyl (C=O) groups is 1. The summed E-state index contributed by atoms with van der Waals surface area (Å²) in [7, 11) is 0. The van der Waals surface area contributed by atoms with Gasteiger partial charge in [-0.2, -0.15) is 0 Å². The molecular formula is C20H28O2. The van der Waals surface area contributed by atoms with Gasteiger partial charge in [-0.25, -0.2) is 0 Å². The molecule has 1 rings (SSSR count). The minimum Gasteiger partial charge on any atom is -0.393 e. The summed E-state index contributed by atoms with van der Waals surface area (Å²) in [5.74, 6) is 0. The van der Waals surface area contributed by atoms with E-state index < -0.39 is 0 Å². The average Bonchev–Trinajstić information content (AvgIpc) is 2.36. The first-order valence-electron chi connectivity index (χ1n) is 7.79. The Bertz CT molecular complexity index is 554. The van der Waals surface area contributed by atoms with E-state index in [0.29, 0.717) is 0 Å². The van der Waals surface area contributed by atoms with E-state index in [2.05, 4.69) is 39.8 Å². The van der Waals surface area contributed by atoms with E-state index in [0.717, 1.165) is 30.3 Å². The highest BCUT2D eigenvalue weighted by molar-refractivity contribution is 5.66. The summed E-state index contributed by atoms with van der Waals surface area (Å²) >= 11 is 0. The fourth-order valence-electron chi connectivity index (χ4n) is 2.96. The molecule has 2 nitrogen and oxygen atoms in total. The van der Waals surface area contributed by atoms with Crippen molar-refractivity contribution < 1.29 is 9.90 Å². The third kappa shape index (κ3) is 5.61. The molecule has 0 spiro atoms. The summed E-state index contributed by atoms with van der Waals surface area (Å²) in [5, 5.41) is 9.91. The molecule has 0 amide bonds. The lowest BCUT2D eigenvalue weighted by molar-refractivity contribution is -0.104. The third-order valence-electron chi connectivity index (χ3n) is 4.04. The lowest BCUT2D eigenvalue weighted by atomic mass is 9.71. The Labute approximate surface area is 134 Å². The Balaban J connectivity index is 2.84. The van der Waals surface area contributed by atoms with E-state index in [1.54, 1.807) is 6.08 Å². The smallest absolute Gasteiger partial charge is 0.143 e. The summed E-state index contributed by atoms with van der Waals surface area (Å²) < 4.78 is 0. The van der Waals surface area contributed by atoms with E-state index >= 15 is 0 Å². The molecule has 1 aliphatic rings. The van der Waals surface area contributed by atoms with Gasteiger partial charge in [0.1, 0.15) is 6.29 Å². The molecule has 2 heteroatoms. The highest BCUT2D eigenvalue weighted by Gasteiger charge is 2.31. The molecule has 0 saturated heterocycles. The number of hydrogen-bond donors (Lipinski definition) is 1. The summed E-state index contributed by atoms with van der Waals surface area (Å²) in [4.78, 5) is 10.3. The van der Waals surface area contributed by atoms with Crippen molar-refractivity contribution in [3.63, 3.8) is 0 Å². The molecule has 0 aliphatic heterocycles. The van der Waals surface area contributed by atoms with Crippen LogP contribution in [0, 0.1) is 5.41 Å². The molecule has 0 saturated carbocycles. The first-order chi connectivity index (χ1) is 10.3. The number of aldehydes is 1. The number of carbonyl (C=O) groups excluding carboxylic acids is 1. The van der Waals surface area contributed by atoms with Crippen LogP contribution in [-0.4, -0.2) is 17.5 Å². The number of rotatable bonds is 5. The number of allylic oxidation sites excluding steroid dienone is 9. The van der Waals surface area contributed by atoms with Crippen LogP contribution in [0.3, 0.4) is 0 Å². The minimum absolute atomic E-state index is 0.0116. The Morgan fingerprint density at radius 3 is 2.41 bits per heavy atom. The predicted octanol–water partition coefficient (Wildman–Crippen LogP) is 4.69. The van der Waals surface area contributed by atoms with Crippen molar-refractivity contribution in [3.8, 4) is 0 Å². The van der Waals surface area contributed by atoms with Crippen LogP contribution in [0.5, 0.6) is 0 Å². The monoisotopic (exact) mass is 300 g/mol. The van der Waals surface area contributed by atoms with Gasteiger partial charge in [0.15, 0.2) is 0 Å². The van der Waals surface area contributed by atoms with Gasteiger partial charge in [0.25, 0.3) is 0 Å². The van der Waals surface area contributed by atoms with Crippen molar-refractivity contribution in [2.24, 2.45) is 5.41 Å². The zero-order valence-corrected chi connectivity index (χ0v) is 14.4. The Hall–Kier alpha value is -1.67. The van der Waals surface area contributed by atoms with Crippen molar-refractivity contribution in [3.05, 3.63) is 58.7 Å². The molecule has 0 heterocycles. The van der Waals surface area contributed by atoms with Gasteiger partial charge < -0.3 is 5.11 Å². The van der Waals surface area contributed by atoms with Crippen molar-refractivity contribution in [2.75, 3.05) is 0 Å². The van der Waals surface area contributed by atoms with Crippen LogP contribution in [0.25, 0.3) is 0 Å². The van der Waals surface area contributed by atoms with Crippen LogP contribution in [-0.2, 0) is 4.79 Å². The van der Waals surface area contributed by atoms with E-state index in [9.17, 15) is 9.90 Å². The van der Waals surface area contributed by atoms with Crippen LogP contribution in [0.15, 0.2) is 58.7 Å². The molecule has 0 aromatic heterocycles. The summed E-state index contributed by atoms with van der Waals surface area (Å²) in [6.45, 7) is 10.4. The van der Waals surface area contributed by atoms with E-state index in [4.69, 9.17) is 0 Å². The quantitative estimate of drug-likeness (QED) is 0.454. The van der Waals surface area contributed by atoms with Gasteiger partial charge in [-0.05, 0) is 56.3 Å². The molecular weight excluding hydrogens is 272 g/mol. The largest absolute Gasteiger partial charge is 0.393 e. The number of aliphatic hydroxyl groups is 1. The maximum absolute atomic E-state index is 10.3. The first kappa shape index (κ1) is 18.4. The third-order valence-corrected chi connectivity index (χ3v) is 4.04. The van der Waals surface area contributed by atoms with Gasteiger partial charge in [0.05, 0.1) is 6.10 Å². The predicted molar refractivity (Wildman–Crippen MR) is 93.6 cm³/mol. The minimum atomic E-state index is -0.223. The van der Waals surface area contributed by atoms with Crippen LogP contribution in [0.1, 0.15) is 47.5 Å². The molecule has 1 atom stereocenters. The van der Waals surface area contributed by atoms with Gasteiger partial charge in [-0.1, -0.05) is 55.4 Å². The van der Waals surface area contributed by atoms with Gasteiger partial charge in [-0.15, -0.1) is 0 Å².